The molecule has 3 fully saturated rings. The Hall–Kier alpha value is -0.960. The van der Waals surface area contributed by atoms with E-state index in [1.54, 1.807) is 0 Å². The van der Waals surface area contributed by atoms with Gasteiger partial charge in [-0.3, -0.25) is 5.10 Å². The van der Waals surface area contributed by atoms with Crippen molar-refractivity contribution in [2.75, 3.05) is 19.6 Å². The van der Waals surface area contributed by atoms with E-state index in [0.717, 1.165) is 32.5 Å². The van der Waals surface area contributed by atoms with Crippen LogP contribution in [-0.2, 0) is 16.6 Å². The SMILES string of the molecule is NCc1cn[nH]c1S(=O)(=O)NC1CN2CCC1CC2. The summed E-state index contributed by atoms with van der Waals surface area (Å²) in [6.45, 7) is 3.13. The van der Waals surface area contributed by atoms with E-state index >= 15 is 0 Å². The summed E-state index contributed by atoms with van der Waals surface area (Å²) >= 11 is 0. The topological polar surface area (TPSA) is 104 Å². The average molecular weight is 285 g/mol. The Labute approximate surface area is 112 Å². The van der Waals surface area contributed by atoms with Crippen molar-refractivity contribution in [3.8, 4) is 0 Å². The van der Waals surface area contributed by atoms with Gasteiger partial charge in [0.05, 0.1) is 6.20 Å². The largest absolute Gasteiger partial charge is 0.326 e. The molecular formula is C11H19N5O2S. The first-order chi connectivity index (χ1) is 9.10. The van der Waals surface area contributed by atoms with Gasteiger partial charge >= 0.3 is 0 Å². The molecule has 106 valence electrons. The molecule has 3 saturated heterocycles. The second-order valence-corrected chi connectivity index (χ2v) is 6.95. The number of nitrogens with one attached hydrogen (secondary N) is 2. The van der Waals surface area contributed by atoms with Gasteiger partial charge in [0.1, 0.15) is 0 Å². The number of aromatic amines is 1. The monoisotopic (exact) mass is 285 g/mol. The van der Waals surface area contributed by atoms with Crippen LogP contribution in [0.4, 0.5) is 0 Å². The van der Waals surface area contributed by atoms with Crippen LogP contribution in [-0.4, -0.2) is 49.2 Å². The van der Waals surface area contributed by atoms with Crippen molar-refractivity contribution in [2.24, 2.45) is 11.7 Å². The highest BCUT2D eigenvalue weighted by atomic mass is 32.2. The molecule has 1 atom stereocenters. The highest BCUT2D eigenvalue weighted by molar-refractivity contribution is 7.89. The van der Waals surface area contributed by atoms with Gasteiger partial charge in [0.25, 0.3) is 10.0 Å². The lowest BCUT2D eigenvalue weighted by atomic mass is 9.85. The van der Waals surface area contributed by atoms with Crippen molar-refractivity contribution < 1.29 is 8.42 Å². The standard InChI is InChI=1S/C11H19N5O2S/c12-5-9-6-13-14-11(9)19(17,18)15-10-7-16-3-1-8(10)2-4-16/h6,8,10,15H,1-5,7,12H2,(H,13,14). The molecule has 0 aliphatic carbocycles. The van der Waals surface area contributed by atoms with Crippen LogP contribution < -0.4 is 10.5 Å². The van der Waals surface area contributed by atoms with E-state index < -0.39 is 10.0 Å². The lowest BCUT2D eigenvalue weighted by molar-refractivity contribution is 0.0826. The summed E-state index contributed by atoms with van der Waals surface area (Å²) in [5.41, 5.74) is 6.05. The Bertz CT molecular complexity index is 547. The maximum Gasteiger partial charge on any atom is 0.258 e. The van der Waals surface area contributed by atoms with Gasteiger partial charge in [-0.15, -0.1) is 0 Å². The highest BCUT2D eigenvalue weighted by Gasteiger charge is 2.37. The molecule has 1 aromatic rings. The van der Waals surface area contributed by atoms with Crippen molar-refractivity contribution >= 4 is 10.0 Å². The van der Waals surface area contributed by atoms with E-state index in [4.69, 9.17) is 5.73 Å². The molecule has 4 N–H and O–H groups in total. The lowest BCUT2D eigenvalue weighted by Crippen LogP contribution is -2.57. The molecule has 0 aromatic carbocycles. The smallest absolute Gasteiger partial charge is 0.258 e. The second-order valence-electron chi connectivity index (χ2n) is 5.29. The van der Waals surface area contributed by atoms with E-state index in [-0.39, 0.29) is 17.6 Å². The first kappa shape index (κ1) is 13.0. The normalized spacial score (nSPS) is 30.7. The maximum absolute atomic E-state index is 12.4. The van der Waals surface area contributed by atoms with Crippen LogP contribution in [0.5, 0.6) is 0 Å². The summed E-state index contributed by atoms with van der Waals surface area (Å²) in [6, 6.07) is 0.00132. The third-order valence-corrected chi connectivity index (χ3v) is 5.63. The van der Waals surface area contributed by atoms with Crippen molar-refractivity contribution in [2.45, 2.75) is 30.5 Å². The minimum Gasteiger partial charge on any atom is -0.326 e. The molecule has 0 spiro atoms. The van der Waals surface area contributed by atoms with E-state index in [2.05, 4.69) is 19.8 Å². The fourth-order valence-corrected chi connectivity index (χ4v) is 4.47. The van der Waals surface area contributed by atoms with E-state index in [1.165, 1.54) is 6.20 Å². The summed E-state index contributed by atoms with van der Waals surface area (Å²) in [5.74, 6) is 0.448. The third kappa shape index (κ3) is 2.40. The number of hydrogen-bond donors (Lipinski definition) is 3. The van der Waals surface area contributed by atoms with Crippen molar-refractivity contribution in [1.29, 1.82) is 0 Å². The van der Waals surface area contributed by atoms with Crippen molar-refractivity contribution in [1.82, 2.24) is 19.8 Å². The van der Waals surface area contributed by atoms with Gasteiger partial charge < -0.3 is 10.6 Å². The molecule has 1 unspecified atom stereocenters. The van der Waals surface area contributed by atoms with Gasteiger partial charge in [-0.1, -0.05) is 0 Å². The minimum absolute atomic E-state index is 0.00132. The Balaban J connectivity index is 1.79. The van der Waals surface area contributed by atoms with Gasteiger partial charge in [-0.25, -0.2) is 13.1 Å². The van der Waals surface area contributed by atoms with Gasteiger partial charge in [0.2, 0.25) is 0 Å². The number of sulfonamides is 1. The van der Waals surface area contributed by atoms with E-state index in [0.29, 0.717) is 11.5 Å². The molecule has 4 heterocycles. The molecule has 19 heavy (non-hydrogen) atoms. The molecule has 0 radical (unpaired) electrons. The number of hydrogen-bond acceptors (Lipinski definition) is 5. The number of aromatic nitrogens is 2. The van der Waals surface area contributed by atoms with Gasteiger partial charge in [0, 0.05) is 24.7 Å². The van der Waals surface area contributed by atoms with Gasteiger partial charge in [0.15, 0.2) is 5.03 Å². The summed E-state index contributed by atoms with van der Waals surface area (Å²) in [7, 11) is -3.56. The molecule has 7 nitrogen and oxygen atoms in total. The fourth-order valence-electron chi connectivity index (χ4n) is 3.03. The van der Waals surface area contributed by atoms with Crippen molar-refractivity contribution in [3.05, 3.63) is 11.8 Å². The Morgan fingerprint density at radius 2 is 2.21 bits per heavy atom. The van der Waals surface area contributed by atoms with Crippen LogP contribution in [0.25, 0.3) is 0 Å². The predicted molar refractivity (Wildman–Crippen MR) is 69.8 cm³/mol. The van der Waals surface area contributed by atoms with Crippen LogP contribution in [0.3, 0.4) is 0 Å². The number of nitrogens with zero attached hydrogens (tertiary/aromatic N) is 2. The molecular weight excluding hydrogens is 266 g/mol. The fraction of sp³-hybridized carbons (Fsp3) is 0.727. The molecule has 2 bridgehead atoms. The van der Waals surface area contributed by atoms with Crippen LogP contribution in [0.1, 0.15) is 18.4 Å². The number of fused-ring (bicyclic) bond motifs is 3. The quantitative estimate of drug-likeness (QED) is 0.674. The Kier molecular flexibility index (Phi) is 3.34. The zero-order valence-corrected chi connectivity index (χ0v) is 11.5. The number of rotatable bonds is 4. The number of piperidine rings is 3. The highest BCUT2D eigenvalue weighted by Crippen LogP contribution is 2.28. The Morgan fingerprint density at radius 3 is 2.79 bits per heavy atom. The van der Waals surface area contributed by atoms with Crippen LogP contribution in [0.15, 0.2) is 11.2 Å². The van der Waals surface area contributed by atoms with Crippen LogP contribution in [0.2, 0.25) is 0 Å². The summed E-state index contributed by atoms with van der Waals surface area (Å²) in [6.07, 6.45) is 3.60. The van der Waals surface area contributed by atoms with Crippen LogP contribution >= 0.6 is 0 Å². The molecule has 0 saturated carbocycles. The van der Waals surface area contributed by atoms with E-state index in [9.17, 15) is 8.42 Å². The predicted octanol–water partition coefficient (Wildman–Crippen LogP) is -0.759. The van der Waals surface area contributed by atoms with Gasteiger partial charge in [-0.05, 0) is 31.8 Å². The molecule has 1 aromatic heterocycles. The summed E-state index contributed by atoms with van der Waals surface area (Å²) in [4.78, 5) is 2.31. The van der Waals surface area contributed by atoms with Gasteiger partial charge in [-0.2, -0.15) is 5.10 Å². The minimum atomic E-state index is -3.56. The first-order valence-electron chi connectivity index (χ1n) is 6.57. The van der Waals surface area contributed by atoms with E-state index in [1.807, 2.05) is 0 Å². The summed E-state index contributed by atoms with van der Waals surface area (Å²) in [5, 5.41) is 6.41. The number of H-pyrrole nitrogens is 1. The molecule has 0 amide bonds. The molecule has 3 aliphatic heterocycles. The zero-order valence-electron chi connectivity index (χ0n) is 10.7. The Morgan fingerprint density at radius 1 is 1.47 bits per heavy atom. The summed E-state index contributed by atoms with van der Waals surface area (Å²) < 4.78 is 27.5. The van der Waals surface area contributed by atoms with Crippen molar-refractivity contribution in [3.63, 3.8) is 0 Å². The lowest BCUT2D eigenvalue weighted by Gasteiger charge is -2.44. The zero-order chi connectivity index (χ0) is 13.5. The van der Waals surface area contributed by atoms with Crippen LogP contribution in [0, 0.1) is 5.92 Å². The number of nitrogens with two attached hydrogens (primary N) is 1. The average Bonchev–Trinajstić information content (AvgIpc) is 2.89. The third-order valence-electron chi connectivity index (χ3n) is 4.13. The second kappa shape index (κ2) is 4.86. The first-order valence-corrected chi connectivity index (χ1v) is 8.05. The molecule has 3 aliphatic rings. The molecule has 4 rings (SSSR count). The maximum atomic E-state index is 12.4. The molecule has 8 heteroatoms.